The van der Waals surface area contributed by atoms with Gasteiger partial charge in [-0.1, -0.05) is 318 Å². The minimum Gasteiger partial charge on any atom is -0.0683 e. The number of hydrogen-bond donors (Lipinski definition) is 0. The molecule has 3 aromatic rings. The second-order valence-electron chi connectivity index (χ2n) is 19.8. The van der Waals surface area contributed by atoms with Gasteiger partial charge in [-0.25, -0.2) is 0 Å². The molecule has 0 saturated carbocycles. The third-order valence-electron chi connectivity index (χ3n) is 7.06. The molecule has 0 bridgehead atoms. The van der Waals surface area contributed by atoms with Gasteiger partial charge in [0.2, 0.25) is 0 Å². The van der Waals surface area contributed by atoms with Crippen LogP contribution >= 0.6 is 0 Å². The highest BCUT2D eigenvalue weighted by molar-refractivity contribution is 5.27. The summed E-state index contributed by atoms with van der Waals surface area (Å²) in [5.41, 5.74) is 8.91. The predicted octanol–water partition coefficient (Wildman–Crippen LogP) is 22.2. The van der Waals surface area contributed by atoms with Gasteiger partial charge in [-0.15, -0.1) is 0 Å². The standard InChI is InChI=1S/C11H16.C9H12.C7H8.4C5H12.2C4H10.C3H8.C2H6/c1-9-5-7-10(8-6-9)11(2,3)4;1-7-4-8(2)6-9(3)5-7;1-7-5-3-2-4-6-7;1-5(2,3)4;2*1-4-5(2)3;1-3-5-4-2;1-4(2)3;1-3-4-2;1-3-2;1-2/h5-8H,1-4H3;4-6H,1-3H3;2-6H,1H3;1-4H3;2*5H,4H2,1-3H3;3-5H2,1-2H3;4H,1-3H3;3-4H2,1-2H3;3H2,1-2H3;1-2H3. The van der Waals surface area contributed by atoms with Crippen molar-refractivity contribution in [2.75, 3.05) is 0 Å². The monoisotopic (exact) mass is 839 g/mol. The van der Waals surface area contributed by atoms with E-state index in [-0.39, 0.29) is 5.41 Å². The van der Waals surface area contributed by atoms with Crippen molar-refractivity contribution < 1.29 is 0 Å². The van der Waals surface area contributed by atoms with E-state index < -0.39 is 0 Å². The molecule has 358 valence electrons. The van der Waals surface area contributed by atoms with E-state index in [0.717, 1.165) is 17.8 Å². The summed E-state index contributed by atoms with van der Waals surface area (Å²) in [6.45, 7) is 62.8. The van der Waals surface area contributed by atoms with Crippen molar-refractivity contribution in [3.63, 3.8) is 0 Å². The predicted molar refractivity (Wildman–Crippen MR) is 291 cm³/mol. The van der Waals surface area contributed by atoms with Gasteiger partial charge in [-0.2, -0.15) is 0 Å². The highest BCUT2D eigenvalue weighted by Gasteiger charge is 2.11. The lowest BCUT2D eigenvalue weighted by Gasteiger charge is -2.18. The summed E-state index contributed by atoms with van der Waals surface area (Å²) in [7, 11) is 0. The molecule has 0 fully saturated rings. The van der Waals surface area contributed by atoms with E-state index in [1.165, 1.54) is 84.7 Å². The largest absolute Gasteiger partial charge is 0.0683 e. The maximum Gasteiger partial charge on any atom is -0.0132 e. The molecule has 0 radical (unpaired) electrons. The molecular formula is C60H118. The van der Waals surface area contributed by atoms with Crippen LogP contribution in [0.5, 0.6) is 0 Å². The molecule has 0 unspecified atom stereocenters. The third-order valence-corrected chi connectivity index (χ3v) is 7.06. The molecule has 0 heterocycles. The quantitative estimate of drug-likeness (QED) is 0.240. The third kappa shape index (κ3) is 101. The van der Waals surface area contributed by atoms with Crippen LogP contribution in [0.1, 0.15) is 251 Å². The van der Waals surface area contributed by atoms with Gasteiger partial charge in [-0.05, 0) is 68.8 Å². The first kappa shape index (κ1) is 75.1. The van der Waals surface area contributed by atoms with Gasteiger partial charge in [0.05, 0.1) is 0 Å². The Morgan fingerprint density at radius 3 is 0.767 bits per heavy atom. The van der Waals surface area contributed by atoms with Gasteiger partial charge in [0, 0.05) is 0 Å². The number of unbranched alkanes of at least 4 members (excludes halogenated alkanes) is 3. The Bertz CT molecular complexity index is 1060. The van der Waals surface area contributed by atoms with Crippen molar-refractivity contribution in [3.8, 4) is 0 Å². The molecule has 0 aromatic heterocycles. The smallest absolute Gasteiger partial charge is 0.0132 e. The topological polar surface area (TPSA) is 0 Å². The number of hydrogen-bond acceptors (Lipinski definition) is 0. The molecule has 0 atom stereocenters. The lowest BCUT2D eigenvalue weighted by atomic mass is 9.87. The summed E-state index contributed by atoms with van der Waals surface area (Å²) >= 11 is 0. The van der Waals surface area contributed by atoms with E-state index in [0.29, 0.717) is 5.41 Å². The Hall–Kier alpha value is -2.34. The fourth-order valence-electron chi connectivity index (χ4n) is 3.14. The van der Waals surface area contributed by atoms with Gasteiger partial charge in [0.25, 0.3) is 0 Å². The molecule has 0 nitrogen and oxygen atoms in total. The summed E-state index contributed by atoms with van der Waals surface area (Å²) in [5.74, 6) is 2.60. The molecule has 60 heavy (non-hydrogen) atoms. The molecule has 3 rings (SSSR count). The lowest BCUT2D eigenvalue weighted by Crippen LogP contribution is -2.10. The van der Waals surface area contributed by atoms with Crippen molar-refractivity contribution in [2.45, 2.75) is 258 Å². The van der Waals surface area contributed by atoms with Crippen LogP contribution in [0.2, 0.25) is 0 Å². The van der Waals surface area contributed by atoms with Crippen LogP contribution in [0.15, 0.2) is 72.8 Å². The van der Waals surface area contributed by atoms with E-state index in [1.807, 2.05) is 32.0 Å². The minimum absolute atomic E-state index is 0.285. The summed E-state index contributed by atoms with van der Waals surface area (Å²) in [6.07, 6.45) is 10.6. The molecule has 0 aliphatic heterocycles. The zero-order valence-corrected chi connectivity index (χ0v) is 47.3. The molecule has 0 N–H and O–H groups in total. The summed E-state index contributed by atoms with van der Waals surface area (Å²) in [5, 5.41) is 0. The second kappa shape index (κ2) is 54.7. The van der Waals surface area contributed by atoms with Gasteiger partial charge < -0.3 is 0 Å². The molecule has 0 heteroatoms. The fraction of sp³-hybridized carbons (Fsp3) is 0.700. The molecular weight excluding hydrogens is 721 g/mol. The molecule has 0 saturated heterocycles. The fourth-order valence-corrected chi connectivity index (χ4v) is 3.14. The molecule has 0 spiro atoms. The maximum atomic E-state index is 2.23. The molecule has 0 aliphatic rings. The van der Waals surface area contributed by atoms with Crippen molar-refractivity contribution in [3.05, 3.63) is 106 Å². The number of benzene rings is 3. The van der Waals surface area contributed by atoms with Crippen molar-refractivity contribution in [1.29, 1.82) is 0 Å². The van der Waals surface area contributed by atoms with E-state index in [2.05, 4.69) is 242 Å². The Labute approximate surface area is 385 Å². The molecule has 0 amide bonds. The zero-order valence-electron chi connectivity index (χ0n) is 47.3. The van der Waals surface area contributed by atoms with E-state index >= 15 is 0 Å². The van der Waals surface area contributed by atoms with E-state index in [4.69, 9.17) is 0 Å². The highest BCUT2D eigenvalue weighted by atomic mass is 14.2. The van der Waals surface area contributed by atoms with Crippen LogP contribution < -0.4 is 0 Å². The summed E-state index contributed by atoms with van der Waals surface area (Å²) < 4.78 is 0. The van der Waals surface area contributed by atoms with Crippen LogP contribution in [0.25, 0.3) is 0 Å². The van der Waals surface area contributed by atoms with Gasteiger partial charge in [0.15, 0.2) is 0 Å². The van der Waals surface area contributed by atoms with E-state index in [9.17, 15) is 0 Å². The summed E-state index contributed by atoms with van der Waals surface area (Å²) in [4.78, 5) is 0. The van der Waals surface area contributed by atoms with Crippen LogP contribution in [-0.2, 0) is 5.41 Å². The van der Waals surface area contributed by atoms with Crippen LogP contribution in [0.3, 0.4) is 0 Å². The Kier molecular flexibility index (Phi) is 68.4. The average Bonchev–Trinajstić information content (AvgIpc) is 3.13. The number of aryl methyl sites for hydroxylation is 5. The van der Waals surface area contributed by atoms with Crippen LogP contribution in [-0.4, -0.2) is 0 Å². The van der Waals surface area contributed by atoms with Crippen molar-refractivity contribution >= 4 is 0 Å². The maximum absolute atomic E-state index is 2.23. The second-order valence-corrected chi connectivity index (χ2v) is 19.8. The SMILES string of the molecule is CC.CC(C)(C)C.CC(C)C.CCC.CCC(C)C.CCC(C)C.CCCC.CCCCC.Cc1cc(C)cc(C)c1.Cc1ccc(C(C)(C)C)cc1.Cc1ccccc1. The minimum atomic E-state index is 0.285. The normalized spacial score (nSPS) is 9.40. The first-order valence-electron chi connectivity index (χ1n) is 24.7. The van der Waals surface area contributed by atoms with E-state index in [1.54, 1.807) is 0 Å². The van der Waals surface area contributed by atoms with Crippen LogP contribution in [0.4, 0.5) is 0 Å². The Balaban J connectivity index is -0.0000000852. The van der Waals surface area contributed by atoms with Crippen molar-refractivity contribution in [1.82, 2.24) is 0 Å². The molecule has 3 aromatic carbocycles. The average molecular weight is 840 g/mol. The first-order valence-corrected chi connectivity index (χ1v) is 24.7. The van der Waals surface area contributed by atoms with Gasteiger partial charge >= 0.3 is 0 Å². The summed E-state index contributed by atoms with van der Waals surface area (Å²) in [6, 6.07) is 25.6. The highest BCUT2D eigenvalue weighted by Crippen LogP contribution is 2.21. The molecule has 0 aliphatic carbocycles. The van der Waals surface area contributed by atoms with Gasteiger partial charge in [0.1, 0.15) is 0 Å². The first-order chi connectivity index (χ1) is 27.6. The van der Waals surface area contributed by atoms with Gasteiger partial charge in [-0.3, -0.25) is 0 Å². The lowest BCUT2D eigenvalue weighted by molar-refractivity contribution is 0.469. The Morgan fingerprint density at radius 2 is 0.633 bits per heavy atom. The van der Waals surface area contributed by atoms with Crippen LogP contribution in [0, 0.1) is 57.8 Å². The number of rotatable bonds is 5. The van der Waals surface area contributed by atoms with Crippen molar-refractivity contribution in [2.24, 2.45) is 23.2 Å². The Morgan fingerprint density at radius 1 is 0.400 bits per heavy atom. The zero-order chi connectivity index (χ0) is 49.3.